The van der Waals surface area contributed by atoms with Crippen molar-refractivity contribution >= 4 is 8.03 Å². The second kappa shape index (κ2) is 5.86. The zero-order valence-corrected chi connectivity index (χ0v) is 8.98. The van der Waals surface area contributed by atoms with Crippen molar-refractivity contribution in [1.82, 2.24) is 0 Å². The van der Waals surface area contributed by atoms with Crippen LogP contribution in [-0.2, 0) is 15.5 Å². The molecule has 0 amide bonds. The first kappa shape index (κ1) is 11.3. The van der Waals surface area contributed by atoms with Gasteiger partial charge in [0.05, 0.1) is 0 Å². The average Bonchev–Trinajstić information content (AvgIpc) is 2.19. The first-order valence-electron chi connectivity index (χ1n) is 4.51. The summed E-state index contributed by atoms with van der Waals surface area (Å²) in [5, 5.41) is 8.91. The quantitative estimate of drug-likeness (QED) is 0.763. The Morgan fingerprint density at radius 2 is 2.07 bits per heavy atom. The topological polar surface area (TPSA) is 46.5 Å². The van der Waals surface area contributed by atoms with Crippen molar-refractivity contribution in [3.63, 3.8) is 0 Å². The molecule has 0 bridgehead atoms. The summed E-state index contributed by atoms with van der Waals surface area (Å²) in [6.45, 7) is 1.84. The van der Waals surface area contributed by atoms with Crippen LogP contribution in [0.25, 0.3) is 0 Å². The Morgan fingerprint density at radius 3 is 2.64 bits per heavy atom. The Labute approximate surface area is 84.6 Å². The van der Waals surface area contributed by atoms with Crippen LogP contribution in [0.1, 0.15) is 12.5 Å². The fourth-order valence-corrected chi connectivity index (χ4v) is 1.49. The molecule has 0 aliphatic heterocycles. The molecule has 0 aromatic heterocycles. The molecule has 3 nitrogen and oxygen atoms in total. The summed E-state index contributed by atoms with van der Waals surface area (Å²) in [6.07, 6.45) is 0.717. The van der Waals surface area contributed by atoms with Gasteiger partial charge < -0.3 is 5.11 Å². The normalized spacial score (nSPS) is 13.7. The second-order valence-electron chi connectivity index (χ2n) is 2.99. The smallest absolute Gasteiger partial charge is 0.349 e. The summed E-state index contributed by atoms with van der Waals surface area (Å²) in [5.74, 6) is -0.888. The van der Waals surface area contributed by atoms with Crippen LogP contribution in [0.2, 0.25) is 0 Å². The van der Waals surface area contributed by atoms with E-state index in [1.165, 1.54) is 6.92 Å². The Balaban J connectivity index is 2.26. The van der Waals surface area contributed by atoms with Gasteiger partial charge in [-0.25, -0.2) is 0 Å². The van der Waals surface area contributed by atoms with Crippen molar-refractivity contribution in [1.29, 1.82) is 0 Å². The van der Waals surface area contributed by atoms with E-state index in [9.17, 15) is 4.57 Å². The maximum Gasteiger partial charge on any atom is 0.539 e. The largest absolute Gasteiger partial charge is 0.539 e. The van der Waals surface area contributed by atoms with Gasteiger partial charge >= 0.3 is 8.03 Å². The summed E-state index contributed by atoms with van der Waals surface area (Å²) in [7, 11) is -1.93. The fraction of sp³-hybridized carbons (Fsp3) is 0.400. The van der Waals surface area contributed by atoms with Gasteiger partial charge in [0.2, 0.25) is 0 Å². The Morgan fingerprint density at radius 1 is 1.43 bits per heavy atom. The summed E-state index contributed by atoms with van der Waals surface area (Å²) in [6, 6.07) is 9.81. The lowest BCUT2D eigenvalue weighted by atomic mass is 10.2. The fourth-order valence-electron chi connectivity index (χ4n) is 1.01. The van der Waals surface area contributed by atoms with Crippen LogP contribution in [0.4, 0.5) is 0 Å². The van der Waals surface area contributed by atoms with E-state index in [2.05, 4.69) is 0 Å². The Hall–Kier alpha value is -0.760. The molecule has 0 saturated heterocycles. The molecule has 1 rings (SSSR count). The minimum absolute atomic E-state index is 0.379. The van der Waals surface area contributed by atoms with E-state index in [1.807, 2.05) is 30.3 Å². The zero-order chi connectivity index (χ0) is 10.4. The molecule has 0 aliphatic carbocycles. The van der Waals surface area contributed by atoms with Crippen molar-refractivity contribution in [2.75, 3.05) is 6.61 Å². The predicted octanol–water partition coefficient (Wildman–Crippen LogP) is 2.33. The van der Waals surface area contributed by atoms with Gasteiger partial charge in [-0.15, -0.1) is 4.52 Å². The van der Waals surface area contributed by atoms with Crippen LogP contribution in [0.3, 0.4) is 0 Å². The minimum atomic E-state index is -1.93. The molecule has 2 atom stereocenters. The number of aliphatic hydroxyl groups excluding tert-OH is 1. The summed E-state index contributed by atoms with van der Waals surface area (Å²) < 4.78 is 16.0. The molecular weight excluding hydrogens is 199 g/mol. The molecule has 0 saturated carbocycles. The average molecular weight is 213 g/mol. The first-order valence-corrected chi connectivity index (χ1v) is 5.76. The van der Waals surface area contributed by atoms with E-state index < -0.39 is 13.9 Å². The van der Waals surface area contributed by atoms with E-state index in [0.717, 1.165) is 5.56 Å². The molecule has 4 heteroatoms. The van der Waals surface area contributed by atoms with Gasteiger partial charge in [-0.3, -0.25) is 0 Å². The zero-order valence-electron chi connectivity index (χ0n) is 8.09. The number of hydrogen-bond acceptors (Lipinski definition) is 3. The molecule has 0 fully saturated rings. The summed E-state index contributed by atoms with van der Waals surface area (Å²) >= 11 is 0. The van der Waals surface area contributed by atoms with Crippen molar-refractivity contribution < 1.29 is 14.2 Å². The van der Waals surface area contributed by atoms with Crippen molar-refractivity contribution in [2.45, 2.75) is 19.2 Å². The third-order valence-corrected chi connectivity index (χ3v) is 2.80. The number of benzene rings is 1. The lowest BCUT2D eigenvalue weighted by Gasteiger charge is -1.96. The second-order valence-corrected chi connectivity index (χ2v) is 4.56. The molecule has 14 heavy (non-hydrogen) atoms. The molecular formula is C10H14O3P+. The summed E-state index contributed by atoms with van der Waals surface area (Å²) in [5.41, 5.74) is 1.14. The van der Waals surface area contributed by atoms with Gasteiger partial charge in [0.25, 0.3) is 5.85 Å². The van der Waals surface area contributed by atoms with Gasteiger partial charge in [0.1, 0.15) is 6.61 Å². The third kappa shape index (κ3) is 3.97. The van der Waals surface area contributed by atoms with Crippen LogP contribution in [0.5, 0.6) is 0 Å². The Bertz CT molecular complexity index is 285. The van der Waals surface area contributed by atoms with E-state index in [-0.39, 0.29) is 0 Å². The molecule has 0 radical (unpaired) electrons. The van der Waals surface area contributed by atoms with Crippen molar-refractivity contribution in [2.24, 2.45) is 0 Å². The van der Waals surface area contributed by atoms with Gasteiger partial charge in [-0.2, -0.15) is 0 Å². The monoisotopic (exact) mass is 213 g/mol. The van der Waals surface area contributed by atoms with Crippen LogP contribution < -0.4 is 0 Å². The number of hydrogen-bond donors (Lipinski definition) is 1. The van der Waals surface area contributed by atoms with E-state index >= 15 is 0 Å². The molecule has 0 heterocycles. The predicted molar refractivity (Wildman–Crippen MR) is 55.4 cm³/mol. The SMILES string of the molecule is CC(O)[P+](=O)OCCc1ccccc1. The highest BCUT2D eigenvalue weighted by atomic mass is 31.1. The van der Waals surface area contributed by atoms with Crippen LogP contribution >= 0.6 is 8.03 Å². The standard InChI is InChI=1S/C10H14O3P/c1-9(11)14(12)13-8-7-10-5-3-2-4-6-10/h2-6,9,11H,7-8H2,1H3/q+1. The molecule has 1 aromatic carbocycles. The highest BCUT2D eigenvalue weighted by molar-refractivity contribution is 7.39. The van der Waals surface area contributed by atoms with Crippen LogP contribution in [0.15, 0.2) is 30.3 Å². The maximum absolute atomic E-state index is 11.0. The number of rotatable bonds is 5. The van der Waals surface area contributed by atoms with E-state index in [0.29, 0.717) is 13.0 Å². The molecule has 0 aliphatic rings. The van der Waals surface area contributed by atoms with Crippen LogP contribution in [-0.4, -0.2) is 17.6 Å². The molecule has 76 valence electrons. The highest BCUT2D eigenvalue weighted by Crippen LogP contribution is 2.26. The highest BCUT2D eigenvalue weighted by Gasteiger charge is 2.24. The Kier molecular flexibility index (Phi) is 4.74. The van der Waals surface area contributed by atoms with E-state index in [4.69, 9.17) is 9.63 Å². The lowest BCUT2D eigenvalue weighted by molar-refractivity contribution is 0.233. The molecule has 2 unspecified atom stereocenters. The van der Waals surface area contributed by atoms with Crippen molar-refractivity contribution in [3.05, 3.63) is 35.9 Å². The van der Waals surface area contributed by atoms with Crippen LogP contribution in [0, 0.1) is 0 Å². The van der Waals surface area contributed by atoms with Gasteiger partial charge in [-0.05, 0) is 10.1 Å². The third-order valence-electron chi connectivity index (χ3n) is 1.76. The van der Waals surface area contributed by atoms with Gasteiger partial charge in [0, 0.05) is 13.3 Å². The van der Waals surface area contributed by atoms with Gasteiger partial charge in [0.15, 0.2) is 0 Å². The molecule has 1 N–H and O–H groups in total. The summed E-state index contributed by atoms with van der Waals surface area (Å²) in [4.78, 5) is 0. The van der Waals surface area contributed by atoms with Crippen molar-refractivity contribution in [3.8, 4) is 0 Å². The minimum Gasteiger partial charge on any atom is -0.349 e. The first-order chi connectivity index (χ1) is 6.70. The number of aliphatic hydroxyl groups is 1. The molecule has 1 aromatic rings. The molecule has 0 spiro atoms. The lowest BCUT2D eigenvalue weighted by Crippen LogP contribution is -1.98. The van der Waals surface area contributed by atoms with E-state index in [1.54, 1.807) is 0 Å². The van der Waals surface area contributed by atoms with Gasteiger partial charge in [-0.1, -0.05) is 30.3 Å². The maximum atomic E-state index is 11.0.